The lowest BCUT2D eigenvalue weighted by Gasteiger charge is -2.00. The van der Waals surface area contributed by atoms with Crippen LogP contribution >= 0.6 is 0 Å². The Balaban J connectivity index is 3.19. The summed E-state index contributed by atoms with van der Waals surface area (Å²) in [4.78, 5) is 4.28. The number of pyridine rings is 1. The zero-order valence-corrected chi connectivity index (χ0v) is 7.54. The Morgan fingerprint density at radius 1 is 1.50 bits per heavy atom. The predicted molar refractivity (Wildman–Crippen MR) is 53.8 cm³/mol. The fourth-order valence-electron chi connectivity index (χ4n) is 1.06. The maximum absolute atomic E-state index is 4.28. The lowest BCUT2D eigenvalue weighted by molar-refractivity contribution is 1.23. The number of aromatic nitrogens is 1. The molecule has 0 bridgehead atoms. The maximum atomic E-state index is 4.28. The van der Waals surface area contributed by atoms with Gasteiger partial charge in [0.25, 0.3) is 0 Å². The second kappa shape index (κ2) is 3.86. The van der Waals surface area contributed by atoms with Crippen molar-refractivity contribution in [3.8, 4) is 0 Å². The van der Waals surface area contributed by atoms with E-state index in [1.165, 1.54) is 0 Å². The molecule has 1 aromatic heterocycles. The van der Waals surface area contributed by atoms with Crippen LogP contribution in [-0.2, 0) is 0 Å². The smallest absolute Gasteiger partial charge is 0.0698 e. The zero-order chi connectivity index (χ0) is 8.97. The lowest BCUT2D eigenvalue weighted by Crippen LogP contribution is -1.87. The van der Waals surface area contributed by atoms with E-state index in [1.807, 2.05) is 38.3 Å². The molecule has 0 atom stereocenters. The molecular formula is C11H13N. The Morgan fingerprint density at radius 3 is 2.83 bits per heavy atom. The first-order chi connectivity index (χ1) is 5.77. The average molecular weight is 159 g/mol. The van der Waals surface area contributed by atoms with Crippen LogP contribution in [0.3, 0.4) is 0 Å². The first kappa shape index (κ1) is 8.72. The van der Waals surface area contributed by atoms with Gasteiger partial charge in [0, 0.05) is 6.20 Å². The molecule has 1 rings (SSSR count). The highest BCUT2D eigenvalue weighted by Gasteiger charge is 1.95. The summed E-state index contributed by atoms with van der Waals surface area (Å²) in [7, 11) is 0. The van der Waals surface area contributed by atoms with Crippen molar-refractivity contribution in [2.45, 2.75) is 13.8 Å². The molecule has 0 saturated carbocycles. The summed E-state index contributed by atoms with van der Waals surface area (Å²) in [6.45, 7) is 7.75. The minimum Gasteiger partial charge on any atom is -0.256 e. The van der Waals surface area contributed by atoms with Crippen molar-refractivity contribution in [1.82, 2.24) is 4.98 Å². The molecule has 0 aliphatic carbocycles. The van der Waals surface area contributed by atoms with Gasteiger partial charge in [0.2, 0.25) is 0 Å². The molecule has 0 spiro atoms. The zero-order valence-electron chi connectivity index (χ0n) is 7.54. The van der Waals surface area contributed by atoms with Crippen LogP contribution < -0.4 is 0 Å². The van der Waals surface area contributed by atoms with Crippen LogP contribution in [0.25, 0.3) is 12.2 Å². The SMILES string of the molecule is C=Cc1cc(C)cnc1C=CC. The Kier molecular flexibility index (Phi) is 2.81. The van der Waals surface area contributed by atoms with Crippen molar-refractivity contribution in [1.29, 1.82) is 0 Å². The van der Waals surface area contributed by atoms with Gasteiger partial charge in [0.15, 0.2) is 0 Å². The van der Waals surface area contributed by atoms with E-state index in [0.29, 0.717) is 0 Å². The molecule has 1 heteroatoms. The Labute approximate surface area is 73.5 Å². The van der Waals surface area contributed by atoms with Crippen LogP contribution in [-0.4, -0.2) is 4.98 Å². The summed E-state index contributed by atoms with van der Waals surface area (Å²) in [6.07, 6.45) is 7.65. The molecule has 0 radical (unpaired) electrons. The minimum atomic E-state index is 0.984. The topological polar surface area (TPSA) is 12.9 Å². The van der Waals surface area contributed by atoms with Crippen molar-refractivity contribution < 1.29 is 0 Å². The summed E-state index contributed by atoms with van der Waals surface area (Å²) in [6, 6.07) is 2.08. The largest absolute Gasteiger partial charge is 0.256 e. The molecule has 0 N–H and O–H groups in total. The van der Waals surface area contributed by atoms with E-state index in [9.17, 15) is 0 Å². The number of hydrogen-bond acceptors (Lipinski definition) is 1. The van der Waals surface area contributed by atoms with E-state index in [1.54, 1.807) is 0 Å². The molecule has 0 aliphatic rings. The van der Waals surface area contributed by atoms with Crippen LogP contribution in [0.5, 0.6) is 0 Å². The standard InChI is InChI=1S/C11H13N/c1-4-6-11-10(5-2)7-9(3)8-12-11/h4-8H,2H2,1,3H3. The highest BCUT2D eigenvalue weighted by atomic mass is 14.7. The summed E-state index contributed by atoms with van der Waals surface area (Å²) in [5.41, 5.74) is 3.24. The highest BCUT2D eigenvalue weighted by Crippen LogP contribution is 2.11. The van der Waals surface area contributed by atoms with E-state index < -0.39 is 0 Å². The third-order valence-corrected chi connectivity index (χ3v) is 1.63. The number of hydrogen-bond donors (Lipinski definition) is 0. The van der Waals surface area contributed by atoms with Gasteiger partial charge < -0.3 is 0 Å². The average Bonchev–Trinajstić information content (AvgIpc) is 2.08. The number of aryl methyl sites for hydroxylation is 1. The molecule has 0 unspecified atom stereocenters. The van der Waals surface area contributed by atoms with Crippen LogP contribution in [0, 0.1) is 6.92 Å². The highest BCUT2D eigenvalue weighted by molar-refractivity contribution is 5.61. The molecule has 1 aromatic rings. The Bertz CT molecular complexity index is 311. The third-order valence-electron chi connectivity index (χ3n) is 1.63. The summed E-state index contributed by atoms with van der Waals surface area (Å²) >= 11 is 0. The van der Waals surface area contributed by atoms with E-state index in [4.69, 9.17) is 0 Å². The molecule has 0 aromatic carbocycles. The molecule has 12 heavy (non-hydrogen) atoms. The monoisotopic (exact) mass is 159 g/mol. The Morgan fingerprint density at radius 2 is 2.25 bits per heavy atom. The van der Waals surface area contributed by atoms with E-state index in [2.05, 4.69) is 17.6 Å². The van der Waals surface area contributed by atoms with Crippen molar-refractivity contribution in [3.63, 3.8) is 0 Å². The van der Waals surface area contributed by atoms with Gasteiger partial charge in [-0.25, -0.2) is 0 Å². The van der Waals surface area contributed by atoms with Crippen molar-refractivity contribution >= 4 is 12.2 Å². The van der Waals surface area contributed by atoms with Gasteiger partial charge in [-0.3, -0.25) is 4.98 Å². The van der Waals surface area contributed by atoms with Gasteiger partial charge in [-0.05, 0) is 37.1 Å². The molecule has 62 valence electrons. The quantitative estimate of drug-likeness (QED) is 0.646. The first-order valence-corrected chi connectivity index (χ1v) is 3.99. The molecule has 1 nitrogen and oxygen atoms in total. The van der Waals surface area contributed by atoms with Crippen LogP contribution in [0.15, 0.2) is 24.9 Å². The summed E-state index contributed by atoms with van der Waals surface area (Å²) < 4.78 is 0. The fourth-order valence-corrected chi connectivity index (χ4v) is 1.06. The maximum Gasteiger partial charge on any atom is 0.0698 e. The number of rotatable bonds is 2. The number of allylic oxidation sites excluding steroid dienone is 1. The lowest BCUT2D eigenvalue weighted by atomic mass is 10.1. The van der Waals surface area contributed by atoms with Crippen molar-refractivity contribution in [3.05, 3.63) is 41.7 Å². The number of nitrogens with zero attached hydrogens (tertiary/aromatic N) is 1. The van der Waals surface area contributed by atoms with Crippen molar-refractivity contribution in [2.24, 2.45) is 0 Å². The van der Waals surface area contributed by atoms with Gasteiger partial charge in [-0.2, -0.15) is 0 Å². The van der Waals surface area contributed by atoms with Gasteiger partial charge in [0.1, 0.15) is 0 Å². The van der Waals surface area contributed by atoms with Gasteiger partial charge in [-0.1, -0.05) is 18.7 Å². The molecule has 0 aliphatic heterocycles. The Hall–Kier alpha value is -1.37. The van der Waals surface area contributed by atoms with Gasteiger partial charge in [0.05, 0.1) is 5.69 Å². The molecular weight excluding hydrogens is 146 g/mol. The van der Waals surface area contributed by atoms with Gasteiger partial charge >= 0.3 is 0 Å². The second-order valence-corrected chi connectivity index (χ2v) is 2.69. The van der Waals surface area contributed by atoms with Crippen LogP contribution in [0.1, 0.15) is 23.7 Å². The fraction of sp³-hybridized carbons (Fsp3) is 0.182. The first-order valence-electron chi connectivity index (χ1n) is 3.99. The van der Waals surface area contributed by atoms with Crippen LogP contribution in [0.2, 0.25) is 0 Å². The van der Waals surface area contributed by atoms with Gasteiger partial charge in [-0.15, -0.1) is 0 Å². The van der Waals surface area contributed by atoms with Crippen molar-refractivity contribution in [2.75, 3.05) is 0 Å². The molecule has 1 heterocycles. The molecule has 0 saturated heterocycles. The minimum absolute atomic E-state index is 0.984. The summed E-state index contributed by atoms with van der Waals surface area (Å²) in [5.74, 6) is 0. The van der Waals surface area contributed by atoms with Crippen LogP contribution in [0.4, 0.5) is 0 Å². The normalized spacial score (nSPS) is 10.5. The molecule has 0 fully saturated rings. The van der Waals surface area contributed by atoms with E-state index in [-0.39, 0.29) is 0 Å². The second-order valence-electron chi connectivity index (χ2n) is 2.69. The third kappa shape index (κ3) is 1.82. The summed E-state index contributed by atoms with van der Waals surface area (Å²) in [5, 5.41) is 0. The van der Waals surface area contributed by atoms with E-state index >= 15 is 0 Å². The molecule has 0 amide bonds. The van der Waals surface area contributed by atoms with E-state index in [0.717, 1.165) is 16.8 Å². The predicted octanol–water partition coefficient (Wildman–Crippen LogP) is 3.07.